The van der Waals surface area contributed by atoms with Crippen LogP contribution in [0.3, 0.4) is 0 Å². The molecular formula is C26H24ClF2N5O3. The zero-order valence-corrected chi connectivity index (χ0v) is 21.6. The average molecular weight is 528 g/mol. The second kappa shape index (κ2) is 9.95. The lowest BCUT2D eigenvalue weighted by molar-refractivity contribution is 0.0688. The molecule has 0 aliphatic carbocycles. The number of hydrogen-bond acceptors (Lipinski definition) is 7. The maximum absolute atomic E-state index is 13.9. The van der Waals surface area contributed by atoms with Crippen molar-refractivity contribution in [3.8, 4) is 22.8 Å². The Morgan fingerprint density at radius 3 is 2.41 bits per heavy atom. The molecule has 0 unspecified atom stereocenters. The summed E-state index contributed by atoms with van der Waals surface area (Å²) in [6, 6.07) is 3.96. The Bertz CT molecular complexity index is 1570. The number of aryl methyl sites for hydroxylation is 3. The first-order valence-corrected chi connectivity index (χ1v) is 11.6. The Morgan fingerprint density at radius 2 is 1.73 bits per heavy atom. The zero-order valence-electron chi connectivity index (χ0n) is 20.8. The van der Waals surface area contributed by atoms with Crippen molar-refractivity contribution in [1.29, 1.82) is 0 Å². The maximum atomic E-state index is 13.9. The fourth-order valence-corrected chi connectivity index (χ4v) is 3.85. The van der Waals surface area contributed by atoms with Crippen LogP contribution in [0.25, 0.3) is 17.1 Å². The van der Waals surface area contributed by atoms with Gasteiger partial charge < -0.3 is 9.84 Å². The molecule has 4 aromatic heterocycles. The van der Waals surface area contributed by atoms with Gasteiger partial charge in [0.25, 0.3) is 5.56 Å². The van der Waals surface area contributed by atoms with Crippen LogP contribution in [0.15, 0.2) is 41.6 Å². The normalized spacial score (nSPS) is 11.6. The van der Waals surface area contributed by atoms with E-state index < -0.39 is 22.8 Å². The van der Waals surface area contributed by atoms with Gasteiger partial charge in [0.15, 0.2) is 11.6 Å². The highest BCUT2D eigenvalue weighted by Crippen LogP contribution is 2.28. The molecule has 4 rings (SSSR count). The lowest BCUT2D eigenvalue weighted by Crippen LogP contribution is -2.23. The molecule has 0 aliphatic rings. The first-order chi connectivity index (χ1) is 17.4. The van der Waals surface area contributed by atoms with Gasteiger partial charge >= 0.3 is 0 Å². The summed E-state index contributed by atoms with van der Waals surface area (Å²) in [6.45, 7) is 8.15. The van der Waals surface area contributed by atoms with E-state index in [1.807, 2.05) is 6.92 Å². The summed E-state index contributed by atoms with van der Waals surface area (Å²) < 4.78 is 34.0. The third kappa shape index (κ3) is 5.35. The molecule has 0 saturated carbocycles. The van der Waals surface area contributed by atoms with Crippen LogP contribution < -0.4 is 10.3 Å². The van der Waals surface area contributed by atoms with Gasteiger partial charge in [0.1, 0.15) is 34.5 Å². The van der Waals surface area contributed by atoms with Crippen LogP contribution in [0.4, 0.5) is 8.78 Å². The van der Waals surface area contributed by atoms with Gasteiger partial charge in [-0.3, -0.25) is 19.3 Å². The second-order valence-corrected chi connectivity index (χ2v) is 9.49. The molecule has 4 heterocycles. The molecule has 0 spiro atoms. The van der Waals surface area contributed by atoms with Gasteiger partial charge in [0.2, 0.25) is 0 Å². The van der Waals surface area contributed by atoms with Gasteiger partial charge in [-0.15, -0.1) is 0 Å². The van der Waals surface area contributed by atoms with E-state index >= 15 is 0 Å². The smallest absolute Gasteiger partial charge is 0.277 e. The van der Waals surface area contributed by atoms with E-state index in [4.69, 9.17) is 16.3 Å². The van der Waals surface area contributed by atoms with E-state index in [0.717, 1.165) is 11.8 Å². The molecule has 0 amide bonds. The summed E-state index contributed by atoms with van der Waals surface area (Å²) in [5.41, 5.74) is 1.52. The van der Waals surface area contributed by atoms with Crippen molar-refractivity contribution in [3.05, 3.63) is 92.1 Å². The van der Waals surface area contributed by atoms with Crippen LogP contribution in [-0.2, 0) is 12.2 Å². The molecule has 11 heteroatoms. The molecule has 192 valence electrons. The number of pyridine rings is 3. The molecule has 4 aromatic rings. The summed E-state index contributed by atoms with van der Waals surface area (Å²) in [4.78, 5) is 30.2. The highest BCUT2D eigenvalue weighted by atomic mass is 35.5. The number of aromatic nitrogens is 5. The minimum Gasteiger partial charge on any atom is -0.485 e. The number of ether oxygens (including phenoxy) is 1. The number of rotatable bonds is 6. The van der Waals surface area contributed by atoms with Crippen molar-refractivity contribution in [1.82, 2.24) is 24.5 Å². The second-order valence-electron chi connectivity index (χ2n) is 9.12. The van der Waals surface area contributed by atoms with Gasteiger partial charge in [-0.25, -0.2) is 18.7 Å². The van der Waals surface area contributed by atoms with Crippen LogP contribution in [0.1, 0.15) is 42.2 Å². The Labute approximate surface area is 216 Å². The van der Waals surface area contributed by atoms with E-state index in [-0.39, 0.29) is 28.9 Å². The standard InChI is InChI=1S/C26H24ClF2N5O3/c1-13-9-30-18(23-14(2)10-32-25(33-23)26(4,5)36)8-20(13)34-15(3)6-21(22(27)24(34)35)37-12-19-17(29)7-16(28)11-31-19/h6-11,36H,12H2,1-5H3. The maximum Gasteiger partial charge on any atom is 0.277 e. The van der Waals surface area contributed by atoms with Crippen LogP contribution in [0.2, 0.25) is 5.02 Å². The third-order valence-corrected chi connectivity index (χ3v) is 5.97. The lowest BCUT2D eigenvalue weighted by Gasteiger charge is -2.18. The van der Waals surface area contributed by atoms with Gasteiger partial charge in [-0.05, 0) is 51.8 Å². The Morgan fingerprint density at radius 1 is 1.03 bits per heavy atom. The molecule has 0 saturated heterocycles. The van der Waals surface area contributed by atoms with Crippen LogP contribution >= 0.6 is 11.6 Å². The average Bonchev–Trinajstić information content (AvgIpc) is 2.82. The van der Waals surface area contributed by atoms with Crippen LogP contribution in [0, 0.1) is 32.4 Å². The van der Waals surface area contributed by atoms with Crippen LogP contribution in [-0.4, -0.2) is 29.6 Å². The van der Waals surface area contributed by atoms with Crippen LogP contribution in [0.5, 0.6) is 5.75 Å². The van der Waals surface area contributed by atoms with Gasteiger partial charge in [-0.2, -0.15) is 0 Å². The van der Waals surface area contributed by atoms with Crippen molar-refractivity contribution >= 4 is 11.6 Å². The van der Waals surface area contributed by atoms with Crippen molar-refractivity contribution in [2.45, 2.75) is 46.8 Å². The fourth-order valence-electron chi connectivity index (χ4n) is 3.66. The molecule has 1 N–H and O–H groups in total. The molecule has 0 atom stereocenters. The van der Waals surface area contributed by atoms with Gasteiger partial charge in [0.05, 0.1) is 23.3 Å². The largest absolute Gasteiger partial charge is 0.485 e. The summed E-state index contributed by atoms with van der Waals surface area (Å²) >= 11 is 6.36. The Hall–Kier alpha value is -3.76. The van der Waals surface area contributed by atoms with Crippen molar-refractivity contribution in [2.75, 3.05) is 0 Å². The first kappa shape index (κ1) is 26.3. The Kier molecular flexibility index (Phi) is 7.07. The number of hydrogen-bond donors (Lipinski definition) is 1. The predicted molar refractivity (Wildman–Crippen MR) is 134 cm³/mol. The summed E-state index contributed by atoms with van der Waals surface area (Å²) in [6.07, 6.45) is 4.10. The lowest BCUT2D eigenvalue weighted by atomic mass is 10.1. The topological polar surface area (TPSA) is 103 Å². The first-order valence-electron chi connectivity index (χ1n) is 11.3. The fraction of sp³-hybridized carbons (Fsp3) is 0.269. The monoisotopic (exact) mass is 527 g/mol. The highest BCUT2D eigenvalue weighted by molar-refractivity contribution is 6.31. The molecule has 0 bridgehead atoms. The minimum atomic E-state index is -1.25. The van der Waals surface area contributed by atoms with E-state index in [1.54, 1.807) is 52.2 Å². The van der Waals surface area contributed by atoms with Crippen molar-refractivity contribution < 1.29 is 18.6 Å². The molecule has 0 aliphatic heterocycles. The summed E-state index contributed by atoms with van der Waals surface area (Å²) in [5, 5.41) is 10.1. The van der Waals surface area contributed by atoms with Crippen molar-refractivity contribution in [3.63, 3.8) is 0 Å². The predicted octanol–water partition coefficient (Wildman–Crippen LogP) is 4.75. The van der Waals surface area contributed by atoms with E-state index in [1.165, 1.54) is 4.57 Å². The Balaban J connectivity index is 1.75. The quantitative estimate of drug-likeness (QED) is 0.386. The van der Waals surface area contributed by atoms with E-state index in [9.17, 15) is 18.7 Å². The third-order valence-electron chi connectivity index (χ3n) is 5.63. The molecule has 0 aromatic carbocycles. The molecule has 37 heavy (non-hydrogen) atoms. The van der Waals surface area contributed by atoms with Gasteiger partial charge in [0, 0.05) is 30.2 Å². The SMILES string of the molecule is Cc1cnc(-c2nc(C(C)(C)O)ncc2C)cc1-n1c(C)cc(OCc2ncc(F)cc2F)c(Cl)c1=O. The molecule has 8 nitrogen and oxygen atoms in total. The van der Waals surface area contributed by atoms with Gasteiger partial charge in [-0.1, -0.05) is 11.6 Å². The number of nitrogens with zero attached hydrogens (tertiary/aromatic N) is 5. The summed E-state index contributed by atoms with van der Waals surface area (Å²) in [5.74, 6) is -1.39. The number of aliphatic hydroxyl groups is 1. The highest BCUT2D eigenvalue weighted by Gasteiger charge is 2.22. The number of halogens is 3. The summed E-state index contributed by atoms with van der Waals surface area (Å²) in [7, 11) is 0. The molecular weight excluding hydrogens is 504 g/mol. The zero-order chi connectivity index (χ0) is 27.1. The molecule has 0 radical (unpaired) electrons. The van der Waals surface area contributed by atoms with E-state index in [0.29, 0.717) is 34.4 Å². The molecule has 0 fully saturated rings. The van der Waals surface area contributed by atoms with Crippen molar-refractivity contribution in [2.24, 2.45) is 0 Å². The minimum absolute atomic E-state index is 0.0411. The van der Waals surface area contributed by atoms with E-state index in [2.05, 4.69) is 19.9 Å².